The van der Waals surface area contributed by atoms with Crippen molar-refractivity contribution < 1.29 is 9.53 Å². The number of carbonyl (C=O) groups excluding carboxylic acids is 1. The lowest BCUT2D eigenvalue weighted by Gasteiger charge is -2.31. The number of hydrogen-bond donors (Lipinski definition) is 1. The first kappa shape index (κ1) is 17.5. The smallest absolute Gasteiger partial charge is 0.315 e. The Hall–Kier alpha value is -2.95. The van der Waals surface area contributed by atoms with E-state index in [2.05, 4.69) is 41.4 Å². The minimum absolute atomic E-state index is 0.164. The van der Waals surface area contributed by atoms with Crippen LogP contribution in [-0.2, 0) is 9.53 Å². The number of nitrogens with one attached hydrogen (secondary N) is 1. The van der Waals surface area contributed by atoms with E-state index in [1.807, 2.05) is 25.1 Å². The van der Waals surface area contributed by atoms with Gasteiger partial charge in [-0.2, -0.15) is 5.10 Å². The second kappa shape index (κ2) is 7.35. The number of rotatable bonds is 5. The zero-order valence-electron chi connectivity index (χ0n) is 15.6. The van der Waals surface area contributed by atoms with E-state index in [9.17, 15) is 4.79 Å². The maximum absolute atomic E-state index is 13.0. The Bertz CT molecular complexity index is 1000. The number of benzene rings is 2. The highest BCUT2D eigenvalue weighted by molar-refractivity contribution is 6.06. The standard InChI is InChI=1S/C22H23N3O2/c1-3-8-18-20(22(26)27-4-2)19(17-13-23-25-21(17)24-18)16-12-7-10-14-9-5-6-11-15(14)16/h5-7,9-13,19-20H,3-4,8H2,1-2H3,(H,23,25). The Kier molecular flexibility index (Phi) is 4.75. The number of carbonyl (C=O) groups is 1. The van der Waals surface area contributed by atoms with Gasteiger partial charge in [-0.3, -0.25) is 9.89 Å². The van der Waals surface area contributed by atoms with Crippen molar-refractivity contribution in [3.63, 3.8) is 0 Å². The summed E-state index contributed by atoms with van der Waals surface area (Å²) in [5.74, 6) is -0.0600. The van der Waals surface area contributed by atoms with Gasteiger partial charge < -0.3 is 4.74 Å². The molecule has 2 atom stereocenters. The topological polar surface area (TPSA) is 67.3 Å². The first-order valence-electron chi connectivity index (χ1n) is 9.49. The SMILES string of the molecule is CCCC1=Nc2[nH]ncc2C(c2cccc3ccccc23)C1C(=O)OCC. The van der Waals surface area contributed by atoms with E-state index >= 15 is 0 Å². The molecule has 0 fully saturated rings. The molecule has 27 heavy (non-hydrogen) atoms. The molecule has 0 aliphatic carbocycles. The lowest BCUT2D eigenvalue weighted by atomic mass is 9.75. The van der Waals surface area contributed by atoms with Crippen LogP contribution in [0.4, 0.5) is 5.82 Å². The quantitative estimate of drug-likeness (QED) is 0.666. The van der Waals surface area contributed by atoms with E-state index < -0.39 is 5.92 Å². The average molecular weight is 361 g/mol. The molecule has 1 aromatic heterocycles. The number of fused-ring (bicyclic) bond motifs is 2. The molecule has 1 N–H and O–H groups in total. The van der Waals surface area contributed by atoms with Crippen molar-refractivity contribution in [2.45, 2.75) is 32.6 Å². The first-order chi connectivity index (χ1) is 13.2. The van der Waals surface area contributed by atoms with Gasteiger partial charge in [0.05, 0.1) is 12.8 Å². The Morgan fingerprint density at radius 3 is 2.74 bits per heavy atom. The van der Waals surface area contributed by atoms with E-state index in [1.54, 1.807) is 6.20 Å². The normalized spacial score (nSPS) is 18.8. The molecule has 0 saturated carbocycles. The largest absolute Gasteiger partial charge is 0.465 e. The summed E-state index contributed by atoms with van der Waals surface area (Å²) in [6.07, 6.45) is 3.46. The van der Waals surface area contributed by atoms with Gasteiger partial charge >= 0.3 is 5.97 Å². The van der Waals surface area contributed by atoms with Crippen LogP contribution in [0.3, 0.4) is 0 Å². The molecule has 4 rings (SSSR count). The van der Waals surface area contributed by atoms with Gasteiger partial charge in [-0.15, -0.1) is 0 Å². The average Bonchev–Trinajstić information content (AvgIpc) is 3.15. The van der Waals surface area contributed by atoms with E-state index in [0.717, 1.165) is 46.3 Å². The fraction of sp³-hybridized carbons (Fsp3) is 0.318. The summed E-state index contributed by atoms with van der Waals surface area (Å²) in [6, 6.07) is 14.5. The van der Waals surface area contributed by atoms with Crippen LogP contribution < -0.4 is 0 Å². The summed E-state index contributed by atoms with van der Waals surface area (Å²) < 4.78 is 5.46. The van der Waals surface area contributed by atoms with Crippen LogP contribution in [0.15, 0.2) is 53.7 Å². The second-order valence-electron chi connectivity index (χ2n) is 6.80. The molecular formula is C22H23N3O2. The lowest BCUT2D eigenvalue weighted by molar-refractivity contribution is -0.146. The molecule has 2 heterocycles. The summed E-state index contributed by atoms with van der Waals surface area (Å²) >= 11 is 0. The van der Waals surface area contributed by atoms with Gasteiger partial charge in [0.25, 0.3) is 0 Å². The minimum atomic E-state index is -0.430. The molecule has 1 aliphatic rings. The number of nitrogens with zero attached hydrogens (tertiary/aromatic N) is 2. The van der Waals surface area contributed by atoms with E-state index in [1.165, 1.54) is 0 Å². The summed E-state index contributed by atoms with van der Waals surface area (Å²) in [5.41, 5.74) is 2.92. The molecule has 0 amide bonds. The van der Waals surface area contributed by atoms with Crippen LogP contribution in [0.1, 0.15) is 43.7 Å². The molecule has 0 spiro atoms. The fourth-order valence-electron chi connectivity index (χ4n) is 4.03. The van der Waals surface area contributed by atoms with E-state index in [4.69, 9.17) is 9.73 Å². The maximum atomic E-state index is 13.0. The molecule has 3 aromatic rings. The van der Waals surface area contributed by atoms with E-state index in [0.29, 0.717) is 6.61 Å². The molecule has 0 bridgehead atoms. The summed E-state index contributed by atoms with van der Waals surface area (Å²) in [4.78, 5) is 17.7. The number of aromatic amines is 1. The highest BCUT2D eigenvalue weighted by Gasteiger charge is 2.41. The monoisotopic (exact) mass is 361 g/mol. The molecule has 5 nitrogen and oxygen atoms in total. The fourth-order valence-corrected chi connectivity index (χ4v) is 4.03. The van der Waals surface area contributed by atoms with Crippen LogP contribution in [0.25, 0.3) is 10.8 Å². The Morgan fingerprint density at radius 1 is 1.11 bits per heavy atom. The number of H-pyrrole nitrogens is 1. The van der Waals surface area contributed by atoms with Crippen molar-refractivity contribution in [3.8, 4) is 0 Å². The predicted octanol–water partition coefficient (Wildman–Crippen LogP) is 4.76. The van der Waals surface area contributed by atoms with Crippen LogP contribution in [-0.4, -0.2) is 28.5 Å². The third-order valence-corrected chi connectivity index (χ3v) is 5.14. The highest BCUT2D eigenvalue weighted by atomic mass is 16.5. The Balaban J connectivity index is 1.94. The molecule has 0 saturated heterocycles. The predicted molar refractivity (Wildman–Crippen MR) is 107 cm³/mol. The molecule has 2 aromatic carbocycles. The van der Waals surface area contributed by atoms with Gasteiger partial charge in [0.1, 0.15) is 5.92 Å². The van der Waals surface area contributed by atoms with Crippen molar-refractivity contribution in [1.29, 1.82) is 0 Å². The number of aromatic nitrogens is 2. The van der Waals surface area contributed by atoms with Crippen LogP contribution in [0, 0.1) is 5.92 Å². The van der Waals surface area contributed by atoms with Crippen LogP contribution in [0.2, 0.25) is 0 Å². The van der Waals surface area contributed by atoms with Crippen molar-refractivity contribution in [2.24, 2.45) is 10.9 Å². The second-order valence-corrected chi connectivity index (χ2v) is 6.80. The number of ether oxygens (including phenoxy) is 1. The third kappa shape index (κ3) is 3.03. The molecule has 2 unspecified atom stereocenters. The summed E-state index contributed by atoms with van der Waals surface area (Å²) in [7, 11) is 0. The maximum Gasteiger partial charge on any atom is 0.315 e. The highest BCUT2D eigenvalue weighted by Crippen LogP contribution is 2.44. The Labute approximate surface area is 158 Å². The van der Waals surface area contributed by atoms with Gasteiger partial charge in [-0.05, 0) is 29.7 Å². The van der Waals surface area contributed by atoms with Crippen LogP contribution >= 0.6 is 0 Å². The molecule has 1 aliphatic heterocycles. The van der Waals surface area contributed by atoms with Crippen molar-refractivity contribution in [1.82, 2.24) is 10.2 Å². The third-order valence-electron chi connectivity index (χ3n) is 5.14. The van der Waals surface area contributed by atoms with Gasteiger partial charge in [-0.1, -0.05) is 55.8 Å². The van der Waals surface area contributed by atoms with Crippen molar-refractivity contribution in [2.75, 3.05) is 6.61 Å². The van der Waals surface area contributed by atoms with Crippen LogP contribution in [0.5, 0.6) is 0 Å². The van der Waals surface area contributed by atoms with Gasteiger partial charge in [0, 0.05) is 17.2 Å². The van der Waals surface area contributed by atoms with Crippen molar-refractivity contribution >= 4 is 28.3 Å². The number of aliphatic imine (C=N–C) groups is 1. The number of hydrogen-bond acceptors (Lipinski definition) is 4. The lowest BCUT2D eigenvalue weighted by Crippen LogP contribution is -2.34. The molecule has 0 radical (unpaired) electrons. The zero-order valence-corrected chi connectivity index (χ0v) is 15.6. The summed E-state index contributed by atoms with van der Waals surface area (Å²) in [6.45, 7) is 4.29. The Morgan fingerprint density at radius 2 is 1.93 bits per heavy atom. The molecule has 5 heteroatoms. The van der Waals surface area contributed by atoms with Gasteiger partial charge in [0.15, 0.2) is 5.82 Å². The molecule has 138 valence electrons. The first-order valence-corrected chi connectivity index (χ1v) is 9.49. The van der Waals surface area contributed by atoms with Gasteiger partial charge in [0.2, 0.25) is 0 Å². The zero-order chi connectivity index (χ0) is 18.8. The minimum Gasteiger partial charge on any atom is -0.465 e. The number of esters is 1. The van der Waals surface area contributed by atoms with Crippen molar-refractivity contribution in [3.05, 3.63) is 59.8 Å². The summed E-state index contributed by atoms with van der Waals surface area (Å²) in [5, 5.41) is 9.50. The van der Waals surface area contributed by atoms with Gasteiger partial charge in [-0.25, -0.2) is 4.99 Å². The van der Waals surface area contributed by atoms with E-state index in [-0.39, 0.29) is 11.9 Å². The molecular weight excluding hydrogens is 338 g/mol.